The Balaban J connectivity index is 1.52. The van der Waals surface area contributed by atoms with E-state index in [4.69, 9.17) is 9.15 Å². The monoisotopic (exact) mass is 366 g/mol. The topological polar surface area (TPSA) is 63.8 Å². The van der Waals surface area contributed by atoms with Crippen LogP contribution in [0.1, 0.15) is 18.2 Å². The van der Waals surface area contributed by atoms with Crippen molar-refractivity contribution in [2.24, 2.45) is 5.10 Å². The van der Waals surface area contributed by atoms with Gasteiger partial charge in [0.25, 0.3) is 0 Å². The fraction of sp³-hybridized carbons (Fsp3) is 0.143. The lowest BCUT2D eigenvalue weighted by Crippen LogP contribution is -2.19. The fourth-order valence-electron chi connectivity index (χ4n) is 2.45. The highest BCUT2D eigenvalue weighted by atomic mass is 19.1. The van der Waals surface area contributed by atoms with E-state index >= 15 is 0 Å². The highest BCUT2D eigenvalue weighted by Gasteiger charge is 2.05. The first kappa shape index (κ1) is 18.4. The van der Waals surface area contributed by atoms with Crippen LogP contribution in [0.3, 0.4) is 0 Å². The minimum Gasteiger partial charge on any atom is -0.494 e. The molecule has 5 nitrogen and oxygen atoms in total. The van der Waals surface area contributed by atoms with Crippen molar-refractivity contribution in [3.63, 3.8) is 0 Å². The van der Waals surface area contributed by atoms with E-state index in [9.17, 15) is 9.18 Å². The maximum atomic E-state index is 13.0. The number of benzene rings is 2. The van der Waals surface area contributed by atoms with E-state index in [0.29, 0.717) is 18.1 Å². The van der Waals surface area contributed by atoms with Gasteiger partial charge in [0.15, 0.2) is 0 Å². The molecule has 138 valence electrons. The Morgan fingerprint density at radius 2 is 1.85 bits per heavy atom. The molecular weight excluding hydrogens is 347 g/mol. The standard InChI is InChI=1S/C21H19FN2O3/c1-2-26-18-9-3-15(4-10-18)13-21(25)24-23-14-19-11-12-20(27-19)16-5-7-17(22)8-6-16/h3-12,14H,2,13H2,1H3,(H,24,25)/b23-14-. The smallest absolute Gasteiger partial charge is 0.244 e. The first-order chi connectivity index (χ1) is 13.1. The van der Waals surface area contributed by atoms with Gasteiger partial charge in [-0.15, -0.1) is 0 Å². The Bertz CT molecular complexity index is 915. The molecule has 0 bridgehead atoms. The van der Waals surface area contributed by atoms with Crippen LogP contribution in [-0.2, 0) is 11.2 Å². The third kappa shape index (κ3) is 5.28. The Labute approximate surface area is 156 Å². The third-order valence-corrected chi connectivity index (χ3v) is 3.74. The molecule has 0 saturated carbocycles. The molecule has 0 aliphatic rings. The minimum absolute atomic E-state index is 0.211. The molecule has 0 radical (unpaired) electrons. The van der Waals surface area contributed by atoms with Crippen LogP contribution in [0.4, 0.5) is 4.39 Å². The van der Waals surface area contributed by atoms with Gasteiger partial charge in [0.05, 0.1) is 19.2 Å². The van der Waals surface area contributed by atoms with Gasteiger partial charge in [-0.1, -0.05) is 12.1 Å². The molecule has 0 aliphatic heterocycles. The number of ether oxygens (including phenoxy) is 1. The zero-order chi connectivity index (χ0) is 19.1. The van der Waals surface area contributed by atoms with Gasteiger partial charge in [0.1, 0.15) is 23.1 Å². The lowest BCUT2D eigenvalue weighted by molar-refractivity contribution is -0.120. The number of hydrogen-bond donors (Lipinski definition) is 1. The van der Waals surface area contributed by atoms with Crippen molar-refractivity contribution in [1.82, 2.24) is 5.43 Å². The second-order valence-corrected chi connectivity index (χ2v) is 5.76. The van der Waals surface area contributed by atoms with Crippen LogP contribution >= 0.6 is 0 Å². The van der Waals surface area contributed by atoms with Crippen LogP contribution in [0.15, 0.2) is 70.2 Å². The van der Waals surface area contributed by atoms with Gasteiger partial charge in [-0.05, 0) is 61.0 Å². The van der Waals surface area contributed by atoms with E-state index < -0.39 is 0 Å². The molecule has 0 unspecified atom stereocenters. The molecule has 0 atom stereocenters. The Morgan fingerprint density at radius 1 is 1.11 bits per heavy atom. The van der Waals surface area contributed by atoms with E-state index in [2.05, 4.69) is 10.5 Å². The Kier molecular flexibility index (Phi) is 5.99. The van der Waals surface area contributed by atoms with Crippen molar-refractivity contribution in [2.45, 2.75) is 13.3 Å². The van der Waals surface area contributed by atoms with Crippen LogP contribution in [0, 0.1) is 5.82 Å². The van der Waals surface area contributed by atoms with Crippen LogP contribution < -0.4 is 10.2 Å². The first-order valence-corrected chi connectivity index (χ1v) is 8.53. The molecule has 2 aromatic carbocycles. The number of nitrogens with one attached hydrogen (secondary N) is 1. The minimum atomic E-state index is -0.303. The Morgan fingerprint density at radius 3 is 2.56 bits per heavy atom. The summed E-state index contributed by atoms with van der Waals surface area (Å²) in [4.78, 5) is 11.9. The predicted molar refractivity (Wildman–Crippen MR) is 101 cm³/mol. The summed E-state index contributed by atoms with van der Waals surface area (Å²) in [6, 6.07) is 16.8. The van der Waals surface area contributed by atoms with Crippen LogP contribution in [0.5, 0.6) is 5.75 Å². The Hall–Kier alpha value is -3.41. The summed E-state index contributed by atoms with van der Waals surface area (Å²) in [7, 11) is 0. The van der Waals surface area contributed by atoms with E-state index in [0.717, 1.165) is 16.9 Å². The summed E-state index contributed by atoms with van der Waals surface area (Å²) >= 11 is 0. The molecular formula is C21H19FN2O3. The summed E-state index contributed by atoms with van der Waals surface area (Å²) in [5.74, 6) is 1.31. The normalized spacial score (nSPS) is 10.9. The van der Waals surface area contributed by atoms with Crippen LogP contribution in [0.25, 0.3) is 11.3 Å². The van der Waals surface area contributed by atoms with Gasteiger partial charge in [-0.25, -0.2) is 9.82 Å². The van der Waals surface area contributed by atoms with Gasteiger partial charge in [0, 0.05) is 5.56 Å². The summed E-state index contributed by atoms with van der Waals surface area (Å²) in [5, 5.41) is 3.90. The van der Waals surface area contributed by atoms with Crippen molar-refractivity contribution >= 4 is 12.1 Å². The van der Waals surface area contributed by atoms with Crippen molar-refractivity contribution in [3.8, 4) is 17.1 Å². The first-order valence-electron chi connectivity index (χ1n) is 8.53. The highest BCUT2D eigenvalue weighted by molar-refractivity contribution is 5.82. The lowest BCUT2D eigenvalue weighted by atomic mass is 10.1. The lowest BCUT2D eigenvalue weighted by Gasteiger charge is -2.04. The van der Waals surface area contributed by atoms with Gasteiger partial charge >= 0.3 is 0 Å². The average Bonchev–Trinajstić information content (AvgIpc) is 3.13. The second kappa shape index (κ2) is 8.80. The van der Waals surface area contributed by atoms with E-state index in [-0.39, 0.29) is 18.1 Å². The zero-order valence-corrected chi connectivity index (χ0v) is 14.8. The molecule has 0 saturated heterocycles. The number of nitrogens with zero attached hydrogens (tertiary/aromatic N) is 1. The molecule has 1 amide bonds. The summed E-state index contributed by atoms with van der Waals surface area (Å²) in [6.45, 7) is 2.52. The zero-order valence-electron chi connectivity index (χ0n) is 14.8. The second-order valence-electron chi connectivity index (χ2n) is 5.76. The highest BCUT2D eigenvalue weighted by Crippen LogP contribution is 2.21. The number of rotatable bonds is 7. The maximum absolute atomic E-state index is 13.0. The van der Waals surface area contributed by atoms with Crippen molar-refractivity contribution in [2.75, 3.05) is 6.61 Å². The molecule has 1 aromatic heterocycles. The molecule has 1 N–H and O–H groups in total. The number of halogens is 1. The third-order valence-electron chi connectivity index (χ3n) is 3.74. The van der Waals surface area contributed by atoms with Crippen molar-refractivity contribution in [3.05, 3.63) is 77.8 Å². The maximum Gasteiger partial charge on any atom is 0.244 e. The van der Waals surface area contributed by atoms with Gasteiger partial charge in [0.2, 0.25) is 5.91 Å². The number of furan rings is 1. The fourth-order valence-corrected chi connectivity index (χ4v) is 2.45. The SMILES string of the molecule is CCOc1ccc(CC(=O)N/N=C\c2ccc(-c3ccc(F)cc3)o2)cc1. The van der Waals surface area contributed by atoms with Crippen LogP contribution in [-0.4, -0.2) is 18.7 Å². The molecule has 3 aromatic rings. The molecule has 0 spiro atoms. The van der Waals surface area contributed by atoms with E-state index in [1.165, 1.54) is 18.3 Å². The summed E-state index contributed by atoms with van der Waals surface area (Å²) < 4.78 is 23.9. The number of carbonyl (C=O) groups excluding carboxylic acids is 1. The van der Waals surface area contributed by atoms with E-state index in [1.54, 1.807) is 24.3 Å². The quantitative estimate of drug-likeness (QED) is 0.504. The molecule has 0 aliphatic carbocycles. The molecule has 3 rings (SSSR count). The number of carbonyl (C=O) groups is 1. The molecule has 0 fully saturated rings. The van der Waals surface area contributed by atoms with Crippen molar-refractivity contribution < 1.29 is 18.3 Å². The molecule has 27 heavy (non-hydrogen) atoms. The number of amides is 1. The summed E-state index contributed by atoms with van der Waals surface area (Å²) in [6.07, 6.45) is 1.63. The van der Waals surface area contributed by atoms with E-state index in [1.807, 2.05) is 31.2 Å². The predicted octanol–water partition coefficient (Wildman–Crippen LogP) is 4.18. The molecule has 6 heteroatoms. The van der Waals surface area contributed by atoms with Crippen LogP contribution in [0.2, 0.25) is 0 Å². The average molecular weight is 366 g/mol. The number of hydrazone groups is 1. The molecule has 1 heterocycles. The number of hydrogen-bond acceptors (Lipinski definition) is 4. The van der Waals surface area contributed by atoms with Gasteiger partial charge < -0.3 is 9.15 Å². The van der Waals surface area contributed by atoms with Gasteiger partial charge in [-0.2, -0.15) is 5.10 Å². The largest absolute Gasteiger partial charge is 0.494 e. The van der Waals surface area contributed by atoms with Crippen molar-refractivity contribution in [1.29, 1.82) is 0 Å². The van der Waals surface area contributed by atoms with Gasteiger partial charge in [-0.3, -0.25) is 4.79 Å². The summed E-state index contributed by atoms with van der Waals surface area (Å²) in [5.41, 5.74) is 4.09.